The van der Waals surface area contributed by atoms with Crippen molar-refractivity contribution in [3.8, 4) is 11.5 Å². The molecule has 2 saturated heterocycles. The number of aliphatic hydroxyl groups is 1. The number of methoxy groups -OCH3 is 2. The molecule has 9 nitrogen and oxygen atoms in total. The van der Waals surface area contributed by atoms with Crippen molar-refractivity contribution in [1.82, 2.24) is 4.90 Å². The Hall–Kier alpha value is -2.44. The number of carbonyl (C=O) groups excluding carboxylic acids is 3. The number of ether oxygens (including phenoxy) is 3. The molecule has 0 spiro atoms. The quantitative estimate of drug-likeness (QED) is 0.291. The Morgan fingerprint density at radius 1 is 1.26 bits per heavy atom. The number of allylic oxidation sites excluding steroid dienone is 1. The second kappa shape index (κ2) is 10.3. The van der Waals surface area contributed by atoms with Crippen LogP contribution in [0.25, 0.3) is 6.08 Å². The van der Waals surface area contributed by atoms with E-state index in [-0.39, 0.29) is 37.4 Å². The summed E-state index contributed by atoms with van der Waals surface area (Å²) in [5.74, 6) is -2.32. The van der Waals surface area contributed by atoms with Crippen molar-refractivity contribution in [2.24, 2.45) is 17.8 Å². The van der Waals surface area contributed by atoms with Crippen LogP contribution in [-0.2, 0) is 19.1 Å². The number of rotatable bonds is 6. The molecule has 0 bridgehead atoms. The first kappa shape index (κ1) is 25.6. The number of aromatic hydroxyl groups is 1. The molecule has 0 radical (unpaired) electrons. The van der Waals surface area contributed by atoms with Crippen LogP contribution in [0.1, 0.15) is 31.7 Å². The molecule has 2 fully saturated rings. The zero-order valence-corrected chi connectivity index (χ0v) is 21.9. The largest absolute Gasteiger partial charge is 0.504 e. The number of carbonyl (C=O) groups is 3. The second-order valence-electron chi connectivity index (χ2n) is 9.05. The van der Waals surface area contributed by atoms with Gasteiger partial charge in [0.2, 0.25) is 11.8 Å². The first-order chi connectivity index (χ1) is 16.7. The summed E-state index contributed by atoms with van der Waals surface area (Å²) in [6.45, 7) is 2.04. The molecule has 2 heterocycles. The Morgan fingerprint density at radius 2 is 2.00 bits per heavy atom. The van der Waals surface area contributed by atoms with Crippen LogP contribution in [0.5, 0.6) is 11.5 Å². The number of hydrogen-bond donors (Lipinski definition) is 2. The Balaban J connectivity index is 1.52. The van der Waals surface area contributed by atoms with Gasteiger partial charge in [-0.25, -0.2) is 4.79 Å². The van der Waals surface area contributed by atoms with E-state index in [0.717, 1.165) is 23.8 Å². The van der Waals surface area contributed by atoms with Crippen molar-refractivity contribution in [3.63, 3.8) is 0 Å². The minimum Gasteiger partial charge on any atom is -0.504 e. The topological polar surface area (TPSA) is 123 Å². The third-order valence-electron chi connectivity index (χ3n) is 7.04. The van der Waals surface area contributed by atoms with Crippen molar-refractivity contribution in [2.75, 3.05) is 27.4 Å². The maximum Gasteiger partial charge on any atom is 0.423 e. The van der Waals surface area contributed by atoms with Gasteiger partial charge < -0.3 is 24.4 Å². The number of amides is 3. The second-order valence-corrected chi connectivity index (χ2v) is 10.2. The van der Waals surface area contributed by atoms with Gasteiger partial charge in [-0.05, 0) is 77.6 Å². The molecule has 2 aliphatic heterocycles. The summed E-state index contributed by atoms with van der Waals surface area (Å²) in [5, 5.41) is 20.1. The van der Waals surface area contributed by atoms with Crippen LogP contribution in [0, 0.1) is 21.3 Å². The van der Waals surface area contributed by atoms with Crippen molar-refractivity contribution >= 4 is 46.6 Å². The van der Waals surface area contributed by atoms with Crippen LogP contribution in [0.2, 0.25) is 0 Å². The van der Waals surface area contributed by atoms with Crippen LogP contribution in [-0.4, -0.2) is 66.6 Å². The smallest absolute Gasteiger partial charge is 0.423 e. The highest BCUT2D eigenvalue weighted by atomic mass is 127. The highest BCUT2D eigenvalue weighted by Crippen LogP contribution is 2.49. The molecule has 10 heteroatoms. The van der Waals surface area contributed by atoms with Crippen molar-refractivity contribution in [2.45, 2.75) is 32.3 Å². The maximum absolute atomic E-state index is 13.0. The monoisotopic (exact) mass is 597 g/mol. The number of phenols is 1. The Kier molecular flexibility index (Phi) is 7.53. The molecule has 4 atom stereocenters. The lowest BCUT2D eigenvalue weighted by molar-refractivity contribution is -0.137. The minimum absolute atomic E-state index is 0.109. The summed E-state index contributed by atoms with van der Waals surface area (Å²) >= 11 is 2.05. The number of halogens is 1. The minimum atomic E-state index is -0.974. The van der Waals surface area contributed by atoms with Crippen molar-refractivity contribution in [1.29, 1.82) is 0 Å². The van der Waals surface area contributed by atoms with Gasteiger partial charge in [-0.1, -0.05) is 11.6 Å². The fourth-order valence-electron chi connectivity index (χ4n) is 5.44. The first-order valence-electron chi connectivity index (χ1n) is 11.3. The third-order valence-corrected chi connectivity index (χ3v) is 7.86. The standard InChI is InChI=1S/C25H28INO8/c1-12(6-13-7-17(26)22(29)19(8-13)33-2)4-5-18-20-14(10-28)9-15-21(16(20)11-35-18)24(31)27(23(15)30)25(32)34-3/h6-8,15-16,18,21,28-29H,4-5,9-11H2,1-3H3/b12-6+/t15-,16+,18-,21-/m1/s1. The van der Waals surface area contributed by atoms with Gasteiger partial charge in [-0.3, -0.25) is 9.59 Å². The number of nitrogens with zero attached hydrogens (tertiary/aromatic N) is 1. The molecule has 3 aliphatic rings. The predicted molar refractivity (Wildman–Crippen MR) is 133 cm³/mol. The fourth-order valence-corrected chi connectivity index (χ4v) is 6.06. The summed E-state index contributed by atoms with van der Waals surface area (Å²) in [6.07, 6.45) is 2.33. The SMILES string of the molecule is COC(=O)N1C(=O)[C@@H]2[C@@H](CC(CO)=C3[C@@H](CC/C(C)=C/c4cc(I)c(O)c(OC)c4)OC[C@@H]32)C1=O. The number of aliphatic hydroxyl groups excluding tert-OH is 1. The van der Waals surface area contributed by atoms with E-state index in [2.05, 4.69) is 27.3 Å². The molecule has 0 aromatic heterocycles. The molecule has 2 N–H and O–H groups in total. The maximum atomic E-state index is 13.0. The van der Waals surface area contributed by atoms with Gasteiger partial charge in [-0.15, -0.1) is 0 Å². The zero-order valence-electron chi connectivity index (χ0n) is 19.7. The van der Waals surface area contributed by atoms with Gasteiger partial charge in [0.25, 0.3) is 0 Å². The van der Waals surface area contributed by atoms with Crippen molar-refractivity contribution in [3.05, 3.63) is 38.0 Å². The lowest BCUT2D eigenvalue weighted by Gasteiger charge is -2.31. The number of phenolic OH excluding ortho intramolecular Hbond substituents is 1. The van der Waals surface area contributed by atoms with Gasteiger partial charge in [0.05, 0.1) is 48.9 Å². The van der Waals surface area contributed by atoms with E-state index in [1.807, 2.05) is 19.1 Å². The summed E-state index contributed by atoms with van der Waals surface area (Å²) < 4.78 is 16.6. The molecular weight excluding hydrogens is 569 g/mol. The molecule has 0 unspecified atom stereocenters. The lowest BCUT2D eigenvalue weighted by atomic mass is 9.69. The third kappa shape index (κ3) is 4.58. The van der Waals surface area contributed by atoms with Gasteiger partial charge >= 0.3 is 6.09 Å². The Labute approximate surface area is 216 Å². The van der Waals surface area contributed by atoms with Crippen LogP contribution in [0.4, 0.5) is 4.79 Å². The molecule has 35 heavy (non-hydrogen) atoms. The average Bonchev–Trinajstić information content (AvgIpc) is 3.37. The molecule has 1 aromatic rings. The van der Waals surface area contributed by atoms with E-state index in [1.165, 1.54) is 7.11 Å². The first-order valence-corrected chi connectivity index (χ1v) is 12.4. The van der Waals surface area contributed by atoms with E-state index in [4.69, 9.17) is 9.47 Å². The van der Waals surface area contributed by atoms with Crippen LogP contribution < -0.4 is 4.74 Å². The highest BCUT2D eigenvalue weighted by Gasteiger charge is 2.58. The molecule has 4 rings (SSSR count). The number of fused-ring (bicyclic) bond motifs is 3. The van der Waals surface area contributed by atoms with Crippen LogP contribution in [0.3, 0.4) is 0 Å². The van der Waals surface area contributed by atoms with Gasteiger partial charge in [0, 0.05) is 5.92 Å². The molecule has 3 amide bonds. The lowest BCUT2D eigenvalue weighted by Crippen LogP contribution is -2.38. The Morgan fingerprint density at radius 3 is 2.66 bits per heavy atom. The summed E-state index contributed by atoms with van der Waals surface area (Å²) in [7, 11) is 2.64. The van der Waals surface area contributed by atoms with E-state index < -0.39 is 29.7 Å². The molecule has 188 valence electrons. The predicted octanol–water partition coefficient (Wildman–Crippen LogP) is 3.26. The average molecular weight is 597 g/mol. The number of likely N-dealkylation sites (tertiary alicyclic amines) is 1. The van der Waals surface area contributed by atoms with E-state index in [1.54, 1.807) is 6.07 Å². The van der Waals surface area contributed by atoms with E-state index >= 15 is 0 Å². The number of benzene rings is 1. The molecule has 1 aromatic carbocycles. The number of hydrogen-bond acceptors (Lipinski definition) is 8. The summed E-state index contributed by atoms with van der Waals surface area (Å²) in [4.78, 5) is 38.4. The number of imide groups is 3. The highest BCUT2D eigenvalue weighted by molar-refractivity contribution is 14.1. The molecule has 0 saturated carbocycles. The summed E-state index contributed by atoms with van der Waals surface area (Å²) in [5.41, 5.74) is 3.59. The van der Waals surface area contributed by atoms with Crippen LogP contribution >= 0.6 is 22.6 Å². The molecule has 1 aliphatic carbocycles. The van der Waals surface area contributed by atoms with Gasteiger partial charge in [0.15, 0.2) is 11.5 Å². The van der Waals surface area contributed by atoms with Crippen molar-refractivity contribution < 1.29 is 38.8 Å². The molecular formula is C25H28INO8. The fraction of sp³-hybridized carbons (Fsp3) is 0.480. The van der Waals surface area contributed by atoms with E-state index in [9.17, 15) is 24.6 Å². The van der Waals surface area contributed by atoms with E-state index in [0.29, 0.717) is 32.6 Å². The zero-order chi connectivity index (χ0) is 25.4. The van der Waals surface area contributed by atoms with Gasteiger partial charge in [-0.2, -0.15) is 4.90 Å². The normalized spacial score (nSPS) is 26.2. The van der Waals surface area contributed by atoms with Crippen LogP contribution in [0.15, 0.2) is 28.9 Å². The Bertz CT molecular complexity index is 1130. The van der Waals surface area contributed by atoms with Gasteiger partial charge in [0.1, 0.15) is 0 Å². The summed E-state index contributed by atoms with van der Waals surface area (Å²) in [6, 6.07) is 3.64.